The highest BCUT2D eigenvalue weighted by molar-refractivity contribution is 8.14. The van der Waals surface area contributed by atoms with Gasteiger partial charge in [-0.3, -0.25) is 19.3 Å². The van der Waals surface area contributed by atoms with Gasteiger partial charge in [-0.1, -0.05) is 23.5 Å². The topological polar surface area (TPSA) is 105 Å². The number of nitrogens with zero attached hydrogens (tertiary/aromatic N) is 3. The van der Waals surface area contributed by atoms with Crippen LogP contribution in [0.1, 0.15) is 31.6 Å². The van der Waals surface area contributed by atoms with Gasteiger partial charge in [0.15, 0.2) is 0 Å². The molecule has 0 aromatic carbocycles. The quantitative estimate of drug-likeness (QED) is 0.728. The van der Waals surface area contributed by atoms with Gasteiger partial charge in [0.05, 0.1) is 11.0 Å². The average Bonchev–Trinajstić information content (AvgIpc) is 3.20. The van der Waals surface area contributed by atoms with E-state index in [2.05, 4.69) is 15.5 Å². The maximum absolute atomic E-state index is 12.0. The SMILES string of the molecule is C[C@@H](Sc1nnc(C2CC2)o1)C(=O)NCCN1C(=O)CSC1=O. The summed E-state index contributed by atoms with van der Waals surface area (Å²) >= 11 is 2.18. The van der Waals surface area contributed by atoms with Gasteiger partial charge in [0.1, 0.15) is 0 Å². The second-order valence-corrected chi connectivity index (χ2v) is 7.55. The van der Waals surface area contributed by atoms with Crippen molar-refractivity contribution >= 4 is 40.6 Å². The molecule has 10 heteroatoms. The first kappa shape index (κ1) is 16.3. The maximum Gasteiger partial charge on any atom is 0.288 e. The number of rotatable bonds is 7. The van der Waals surface area contributed by atoms with Crippen LogP contribution in [0.5, 0.6) is 0 Å². The molecular formula is C13H16N4O4S2. The lowest BCUT2D eigenvalue weighted by atomic mass is 10.4. The third-order valence-electron chi connectivity index (χ3n) is 3.47. The summed E-state index contributed by atoms with van der Waals surface area (Å²) in [7, 11) is 0. The number of imide groups is 1. The molecule has 124 valence electrons. The van der Waals surface area contributed by atoms with E-state index in [9.17, 15) is 14.4 Å². The average molecular weight is 356 g/mol. The molecule has 1 atom stereocenters. The number of carbonyl (C=O) groups is 3. The van der Waals surface area contributed by atoms with Gasteiger partial charge < -0.3 is 9.73 Å². The lowest BCUT2D eigenvalue weighted by Crippen LogP contribution is -2.39. The number of aromatic nitrogens is 2. The van der Waals surface area contributed by atoms with Crippen molar-refractivity contribution in [3.05, 3.63) is 5.89 Å². The lowest BCUT2D eigenvalue weighted by Gasteiger charge is -2.14. The molecule has 23 heavy (non-hydrogen) atoms. The van der Waals surface area contributed by atoms with Gasteiger partial charge in [-0.25, -0.2) is 0 Å². The Labute approximate surface area is 141 Å². The molecule has 0 spiro atoms. The van der Waals surface area contributed by atoms with Crippen molar-refractivity contribution < 1.29 is 18.8 Å². The Morgan fingerprint density at radius 3 is 2.91 bits per heavy atom. The molecular weight excluding hydrogens is 340 g/mol. The van der Waals surface area contributed by atoms with Crippen LogP contribution in [0.3, 0.4) is 0 Å². The minimum absolute atomic E-state index is 0.180. The molecule has 8 nitrogen and oxygen atoms in total. The fourth-order valence-electron chi connectivity index (χ4n) is 2.00. The van der Waals surface area contributed by atoms with E-state index in [0.29, 0.717) is 17.0 Å². The van der Waals surface area contributed by atoms with Gasteiger partial charge in [-0.2, -0.15) is 0 Å². The number of hydrogen-bond acceptors (Lipinski definition) is 8. The van der Waals surface area contributed by atoms with Gasteiger partial charge in [0.25, 0.3) is 10.5 Å². The molecule has 1 aliphatic heterocycles. The fraction of sp³-hybridized carbons (Fsp3) is 0.615. The molecule has 0 radical (unpaired) electrons. The van der Waals surface area contributed by atoms with Crippen LogP contribution in [0.15, 0.2) is 9.64 Å². The monoisotopic (exact) mass is 356 g/mol. The standard InChI is InChI=1S/C13H16N4O4S2/c1-7(23-12-16-15-11(21-12)8-2-3-8)10(19)14-4-5-17-9(18)6-22-13(17)20/h7-8H,2-6H2,1H3,(H,14,19)/t7-/m1/s1. The molecule has 3 rings (SSSR count). The summed E-state index contributed by atoms with van der Waals surface area (Å²) in [6.07, 6.45) is 2.16. The predicted molar refractivity (Wildman–Crippen MR) is 84.2 cm³/mol. The van der Waals surface area contributed by atoms with Crippen molar-refractivity contribution in [1.29, 1.82) is 0 Å². The zero-order valence-electron chi connectivity index (χ0n) is 12.5. The molecule has 1 aromatic rings. The van der Waals surface area contributed by atoms with E-state index >= 15 is 0 Å². The highest BCUT2D eigenvalue weighted by Crippen LogP contribution is 2.40. The minimum atomic E-state index is -0.401. The van der Waals surface area contributed by atoms with E-state index in [1.54, 1.807) is 6.92 Å². The molecule has 2 heterocycles. The van der Waals surface area contributed by atoms with E-state index in [1.165, 1.54) is 11.8 Å². The van der Waals surface area contributed by atoms with Gasteiger partial charge in [0, 0.05) is 19.0 Å². The second-order valence-electron chi connectivity index (χ2n) is 5.33. The van der Waals surface area contributed by atoms with Gasteiger partial charge in [0.2, 0.25) is 17.7 Å². The van der Waals surface area contributed by atoms with Crippen LogP contribution in [0.4, 0.5) is 4.79 Å². The highest BCUT2D eigenvalue weighted by Gasteiger charge is 2.31. The summed E-state index contributed by atoms with van der Waals surface area (Å²) < 4.78 is 5.50. The molecule has 1 saturated heterocycles. The molecule has 1 N–H and O–H groups in total. The number of amides is 3. The lowest BCUT2D eigenvalue weighted by molar-refractivity contribution is -0.125. The van der Waals surface area contributed by atoms with E-state index in [-0.39, 0.29) is 35.9 Å². The summed E-state index contributed by atoms with van der Waals surface area (Å²) in [6, 6.07) is 0. The first-order chi connectivity index (χ1) is 11.0. The Morgan fingerprint density at radius 2 is 2.26 bits per heavy atom. The molecule has 1 aliphatic carbocycles. The summed E-state index contributed by atoms with van der Waals surface area (Å²) in [4.78, 5) is 36.0. The molecule has 1 saturated carbocycles. The van der Waals surface area contributed by atoms with Gasteiger partial charge >= 0.3 is 0 Å². The summed E-state index contributed by atoms with van der Waals surface area (Å²) in [5.41, 5.74) is 0. The highest BCUT2D eigenvalue weighted by atomic mass is 32.2. The van der Waals surface area contributed by atoms with E-state index < -0.39 is 5.25 Å². The second kappa shape index (κ2) is 6.91. The molecule has 0 bridgehead atoms. The molecule has 2 fully saturated rings. The first-order valence-corrected chi connectivity index (χ1v) is 9.16. The zero-order chi connectivity index (χ0) is 16.4. The Kier molecular flexibility index (Phi) is 4.90. The van der Waals surface area contributed by atoms with Crippen LogP contribution in [-0.2, 0) is 9.59 Å². The van der Waals surface area contributed by atoms with E-state index in [4.69, 9.17) is 4.42 Å². The van der Waals surface area contributed by atoms with Crippen LogP contribution in [-0.4, -0.2) is 56.2 Å². The van der Waals surface area contributed by atoms with Crippen molar-refractivity contribution in [2.24, 2.45) is 0 Å². The Bertz CT molecular complexity index is 615. The third kappa shape index (κ3) is 4.05. The van der Waals surface area contributed by atoms with E-state index in [0.717, 1.165) is 29.5 Å². The van der Waals surface area contributed by atoms with Crippen molar-refractivity contribution in [1.82, 2.24) is 20.4 Å². The number of thioether (sulfide) groups is 2. The molecule has 3 amide bonds. The van der Waals surface area contributed by atoms with Crippen molar-refractivity contribution in [2.75, 3.05) is 18.8 Å². The Balaban J connectivity index is 1.42. The Morgan fingerprint density at radius 1 is 1.48 bits per heavy atom. The van der Waals surface area contributed by atoms with Gasteiger partial charge in [-0.15, -0.1) is 10.2 Å². The molecule has 0 unspecified atom stereocenters. The third-order valence-corrected chi connectivity index (χ3v) is 5.26. The summed E-state index contributed by atoms with van der Waals surface area (Å²) in [5.74, 6) is 0.792. The minimum Gasteiger partial charge on any atom is -0.416 e. The van der Waals surface area contributed by atoms with Gasteiger partial charge in [-0.05, 0) is 19.8 Å². The van der Waals surface area contributed by atoms with E-state index in [1.807, 2.05) is 0 Å². The van der Waals surface area contributed by atoms with Crippen molar-refractivity contribution in [3.8, 4) is 0 Å². The van der Waals surface area contributed by atoms with Crippen LogP contribution >= 0.6 is 23.5 Å². The zero-order valence-corrected chi connectivity index (χ0v) is 14.1. The number of nitrogens with one attached hydrogen (secondary N) is 1. The smallest absolute Gasteiger partial charge is 0.288 e. The van der Waals surface area contributed by atoms with Crippen molar-refractivity contribution in [3.63, 3.8) is 0 Å². The van der Waals surface area contributed by atoms with Crippen LogP contribution in [0.2, 0.25) is 0 Å². The molecule has 1 aromatic heterocycles. The van der Waals surface area contributed by atoms with Crippen LogP contribution in [0, 0.1) is 0 Å². The van der Waals surface area contributed by atoms with Crippen LogP contribution in [0.25, 0.3) is 0 Å². The predicted octanol–water partition coefficient (Wildman–Crippen LogP) is 1.24. The number of hydrogen-bond donors (Lipinski definition) is 1. The number of carbonyl (C=O) groups excluding carboxylic acids is 3. The Hall–Kier alpha value is -1.55. The summed E-state index contributed by atoms with van der Waals surface area (Å²) in [6.45, 7) is 2.17. The largest absolute Gasteiger partial charge is 0.416 e. The maximum atomic E-state index is 12.0. The first-order valence-electron chi connectivity index (χ1n) is 7.29. The van der Waals surface area contributed by atoms with Crippen LogP contribution < -0.4 is 5.32 Å². The summed E-state index contributed by atoms with van der Waals surface area (Å²) in [5, 5.41) is 10.3. The van der Waals surface area contributed by atoms with Crippen molar-refractivity contribution in [2.45, 2.75) is 36.2 Å². The molecule has 2 aliphatic rings. The fourth-order valence-corrected chi connectivity index (χ4v) is 3.47. The normalized spacial score (nSPS) is 19.3.